The molecule has 0 saturated carbocycles. The van der Waals surface area contributed by atoms with Crippen LogP contribution in [0.1, 0.15) is 19.8 Å². The maximum absolute atomic E-state index is 12.0. The number of nitrogens with zero attached hydrogens (tertiary/aromatic N) is 3. The fraction of sp³-hybridized carbons (Fsp3) is 0.462. The Morgan fingerprint density at radius 3 is 3.32 bits per heavy atom. The first-order valence-corrected chi connectivity index (χ1v) is 7.30. The van der Waals surface area contributed by atoms with Gasteiger partial charge in [0.05, 0.1) is 12.0 Å². The van der Waals surface area contributed by atoms with Crippen LogP contribution in [0.5, 0.6) is 0 Å². The molecule has 1 fully saturated rings. The molecular weight excluding hydrogens is 262 g/mol. The van der Waals surface area contributed by atoms with Gasteiger partial charge in [0.25, 0.3) is 0 Å². The largest absolute Gasteiger partial charge is 0.464 e. The average Bonchev–Trinajstić information content (AvgIpc) is 3.07. The molecule has 6 heteroatoms. The predicted molar refractivity (Wildman–Crippen MR) is 74.4 cm³/mol. The summed E-state index contributed by atoms with van der Waals surface area (Å²) in [6, 6.07) is 1.80. The van der Waals surface area contributed by atoms with Crippen LogP contribution >= 0.6 is 11.3 Å². The highest BCUT2D eigenvalue weighted by Gasteiger charge is 2.33. The molecule has 0 N–H and O–H groups in total. The lowest BCUT2D eigenvalue weighted by Crippen LogP contribution is -2.38. The third-order valence-electron chi connectivity index (χ3n) is 3.32. The number of ether oxygens (including phenoxy) is 1. The van der Waals surface area contributed by atoms with Crippen LogP contribution in [0.3, 0.4) is 0 Å². The Balaban J connectivity index is 1.96. The van der Waals surface area contributed by atoms with Gasteiger partial charge in [-0.25, -0.2) is 14.8 Å². The van der Waals surface area contributed by atoms with Crippen molar-refractivity contribution in [2.24, 2.45) is 0 Å². The van der Waals surface area contributed by atoms with Gasteiger partial charge in [0.1, 0.15) is 23.0 Å². The van der Waals surface area contributed by atoms with Crippen molar-refractivity contribution in [3.05, 3.63) is 17.8 Å². The topological polar surface area (TPSA) is 55.3 Å². The van der Waals surface area contributed by atoms with Gasteiger partial charge in [-0.15, -0.1) is 11.3 Å². The van der Waals surface area contributed by atoms with Gasteiger partial charge in [-0.05, 0) is 31.2 Å². The lowest BCUT2D eigenvalue weighted by atomic mass is 10.2. The minimum Gasteiger partial charge on any atom is -0.464 e. The third kappa shape index (κ3) is 2.16. The first-order chi connectivity index (χ1) is 9.31. The van der Waals surface area contributed by atoms with Gasteiger partial charge in [0, 0.05) is 6.54 Å². The van der Waals surface area contributed by atoms with Gasteiger partial charge in [0.2, 0.25) is 0 Å². The van der Waals surface area contributed by atoms with Crippen molar-refractivity contribution in [1.82, 2.24) is 9.97 Å². The maximum atomic E-state index is 12.0. The number of anilines is 1. The monoisotopic (exact) mass is 277 g/mol. The molecule has 0 radical (unpaired) electrons. The third-order valence-corrected chi connectivity index (χ3v) is 4.14. The molecule has 2 aromatic heterocycles. The van der Waals surface area contributed by atoms with Crippen molar-refractivity contribution >= 4 is 33.3 Å². The van der Waals surface area contributed by atoms with Gasteiger partial charge in [-0.1, -0.05) is 0 Å². The molecule has 3 rings (SSSR count). The van der Waals surface area contributed by atoms with E-state index < -0.39 is 0 Å². The SMILES string of the molecule is CCOC(=O)C1CCCN1c1ncnc2sccc12. The molecule has 19 heavy (non-hydrogen) atoms. The minimum atomic E-state index is -0.210. The van der Waals surface area contributed by atoms with E-state index in [1.54, 1.807) is 17.7 Å². The van der Waals surface area contributed by atoms with E-state index >= 15 is 0 Å². The summed E-state index contributed by atoms with van der Waals surface area (Å²) in [7, 11) is 0. The molecule has 5 nitrogen and oxygen atoms in total. The van der Waals surface area contributed by atoms with Crippen LogP contribution in [0.25, 0.3) is 10.2 Å². The second kappa shape index (κ2) is 5.13. The quantitative estimate of drug-likeness (QED) is 0.805. The summed E-state index contributed by atoms with van der Waals surface area (Å²) in [4.78, 5) is 23.6. The molecule has 0 spiro atoms. The number of thiophene rings is 1. The van der Waals surface area contributed by atoms with E-state index in [-0.39, 0.29) is 12.0 Å². The Morgan fingerprint density at radius 1 is 1.58 bits per heavy atom. The van der Waals surface area contributed by atoms with E-state index in [1.165, 1.54) is 0 Å². The molecule has 1 atom stereocenters. The van der Waals surface area contributed by atoms with E-state index in [9.17, 15) is 4.79 Å². The molecule has 1 aliphatic rings. The molecular formula is C13H15N3O2S. The average molecular weight is 277 g/mol. The van der Waals surface area contributed by atoms with Crippen molar-refractivity contribution in [3.63, 3.8) is 0 Å². The fourth-order valence-corrected chi connectivity index (χ4v) is 3.24. The van der Waals surface area contributed by atoms with Crippen LogP contribution < -0.4 is 4.90 Å². The Morgan fingerprint density at radius 2 is 2.47 bits per heavy atom. The summed E-state index contributed by atoms with van der Waals surface area (Å²) in [5, 5.41) is 3.02. The molecule has 1 aliphatic heterocycles. The highest BCUT2D eigenvalue weighted by Crippen LogP contribution is 2.31. The van der Waals surface area contributed by atoms with Crippen LogP contribution in [0.4, 0.5) is 5.82 Å². The Hall–Kier alpha value is -1.69. The second-order valence-corrected chi connectivity index (χ2v) is 5.33. The molecule has 2 aromatic rings. The van der Waals surface area contributed by atoms with Gasteiger partial charge in [-0.3, -0.25) is 0 Å². The minimum absolute atomic E-state index is 0.151. The molecule has 3 heterocycles. The summed E-state index contributed by atoms with van der Waals surface area (Å²) in [6.07, 6.45) is 3.38. The van der Waals surface area contributed by atoms with Crippen molar-refractivity contribution < 1.29 is 9.53 Å². The van der Waals surface area contributed by atoms with Crippen LogP contribution in [-0.2, 0) is 9.53 Å². The van der Waals surface area contributed by atoms with Gasteiger partial charge in [0.15, 0.2) is 0 Å². The van der Waals surface area contributed by atoms with Crippen LogP contribution in [-0.4, -0.2) is 35.1 Å². The number of hydrogen-bond acceptors (Lipinski definition) is 6. The number of rotatable bonds is 3. The highest BCUT2D eigenvalue weighted by atomic mass is 32.1. The van der Waals surface area contributed by atoms with Crippen molar-refractivity contribution in [1.29, 1.82) is 0 Å². The van der Waals surface area contributed by atoms with E-state index in [4.69, 9.17) is 4.74 Å². The summed E-state index contributed by atoms with van der Waals surface area (Å²) in [5.74, 6) is 0.698. The molecule has 0 aliphatic carbocycles. The van der Waals surface area contributed by atoms with Crippen LogP contribution in [0.15, 0.2) is 17.8 Å². The summed E-state index contributed by atoms with van der Waals surface area (Å²) in [5.41, 5.74) is 0. The molecule has 0 bridgehead atoms. The normalized spacial score (nSPS) is 19.0. The number of carbonyl (C=O) groups excluding carboxylic acids is 1. The number of esters is 1. The van der Waals surface area contributed by atoms with E-state index in [0.29, 0.717) is 6.61 Å². The molecule has 1 saturated heterocycles. The lowest BCUT2D eigenvalue weighted by Gasteiger charge is -2.24. The number of fused-ring (bicyclic) bond motifs is 1. The summed E-state index contributed by atoms with van der Waals surface area (Å²) >= 11 is 1.59. The Labute approximate surface area is 115 Å². The standard InChI is InChI=1S/C13H15N3O2S/c1-2-18-13(17)10-4-3-6-16(10)11-9-5-7-19-12(9)15-8-14-11/h5,7-8,10H,2-4,6H2,1H3. The predicted octanol–water partition coefficient (Wildman–Crippen LogP) is 2.22. The Kier molecular flexibility index (Phi) is 3.33. The van der Waals surface area contributed by atoms with Crippen LogP contribution in [0.2, 0.25) is 0 Å². The number of hydrogen-bond donors (Lipinski definition) is 0. The second-order valence-electron chi connectivity index (χ2n) is 4.44. The zero-order chi connectivity index (χ0) is 13.2. The molecule has 0 amide bonds. The maximum Gasteiger partial charge on any atom is 0.328 e. The number of carbonyl (C=O) groups is 1. The first-order valence-electron chi connectivity index (χ1n) is 6.42. The first kappa shape index (κ1) is 12.3. The van der Waals surface area contributed by atoms with E-state index in [2.05, 4.69) is 14.9 Å². The van der Waals surface area contributed by atoms with Crippen molar-refractivity contribution in [3.8, 4) is 0 Å². The van der Waals surface area contributed by atoms with Gasteiger partial charge < -0.3 is 9.64 Å². The smallest absolute Gasteiger partial charge is 0.328 e. The zero-order valence-corrected chi connectivity index (χ0v) is 11.5. The van der Waals surface area contributed by atoms with E-state index in [1.807, 2.05) is 18.4 Å². The number of aromatic nitrogens is 2. The molecule has 100 valence electrons. The van der Waals surface area contributed by atoms with Gasteiger partial charge >= 0.3 is 5.97 Å². The summed E-state index contributed by atoms with van der Waals surface area (Å²) in [6.45, 7) is 3.09. The van der Waals surface area contributed by atoms with E-state index in [0.717, 1.165) is 35.4 Å². The fourth-order valence-electron chi connectivity index (χ4n) is 2.51. The Bertz CT molecular complexity index is 598. The summed E-state index contributed by atoms with van der Waals surface area (Å²) < 4.78 is 5.15. The van der Waals surface area contributed by atoms with Crippen LogP contribution in [0, 0.1) is 0 Å². The highest BCUT2D eigenvalue weighted by molar-refractivity contribution is 7.16. The van der Waals surface area contributed by atoms with Crippen molar-refractivity contribution in [2.45, 2.75) is 25.8 Å². The van der Waals surface area contributed by atoms with Crippen molar-refractivity contribution in [2.75, 3.05) is 18.1 Å². The van der Waals surface area contributed by atoms with Gasteiger partial charge in [-0.2, -0.15) is 0 Å². The zero-order valence-electron chi connectivity index (χ0n) is 10.7. The molecule has 1 unspecified atom stereocenters. The molecule has 0 aromatic carbocycles. The lowest BCUT2D eigenvalue weighted by molar-refractivity contribution is -0.144.